The number of nitrogens with two attached hydrogens (primary N) is 1. The van der Waals surface area contributed by atoms with Crippen molar-refractivity contribution in [3.63, 3.8) is 0 Å². The van der Waals surface area contributed by atoms with Gasteiger partial charge in [-0.25, -0.2) is 9.97 Å². The van der Waals surface area contributed by atoms with E-state index in [1.54, 1.807) is 23.1 Å². The molecule has 0 spiro atoms. The summed E-state index contributed by atoms with van der Waals surface area (Å²) in [6, 6.07) is 3.98. The first-order valence-corrected chi connectivity index (χ1v) is 7.71. The molecule has 5 nitrogen and oxygen atoms in total. The van der Waals surface area contributed by atoms with Crippen LogP contribution >= 0.6 is 23.1 Å². The molecule has 0 aliphatic rings. The molecule has 0 aliphatic heterocycles. The number of hydrogen-bond acceptors (Lipinski definition) is 6. The molecular formula is C12H13N5S2. The van der Waals surface area contributed by atoms with Crippen molar-refractivity contribution in [2.75, 3.05) is 11.5 Å². The predicted molar refractivity (Wildman–Crippen MR) is 79.5 cm³/mol. The highest BCUT2D eigenvalue weighted by Gasteiger charge is 2.07. The van der Waals surface area contributed by atoms with Gasteiger partial charge in [-0.3, -0.25) is 4.68 Å². The van der Waals surface area contributed by atoms with Crippen molar-refractivity contribution in [2.45, 2.75) is 11.6 Å². The van der Waals surface area contributed by atoms with Crippen molar-refractivity contribution in [2.24, 2.45) is 7.05 Å². The topological polar surface area (TPSA) is 69.6 Å². The maximum atomic E-state index is 5.92. The number of anilines is 1. The van der Waals surface area contributed by atoms with Crippen LogP contribution in [-0.4, -0.2) is 25.5 Å². The average molecular weight is 291 g/mol. The number of aromatic nitrogens is 4. The molecule has 0 unspecified atom stereocenters. The van der Waals surface area contributed by atoms with Crippen LogP contribution in [0.3, 0.4) is 0 Å². The summed E-state index contributed by atoms with van der Waals surface area (Å²) < 4.78 is 1.89. The van der Waals surface area contributed by atoms with Crippen molar-refractivity contribution in [1.29, 1.82) is 0 Å². The number of fused-ring (bicyclic) bond motifs is 1. The Labute approximate surface area is 118 Å². The van der Waals surface area contributed by atoms with Gasteiger partial charge in [0.1, 0.15) is 10.6 Å². The Balaban J connectivity index is 1.70. The van der Waals surface area contributed by atoms with Gasteiger partial charge in [-0.1, -0.05) is 11.8 Å². The van der Waals surface area contributed by atoms with Crippen LogP contribution in [0.4, 0.5) is 5.82 Å². The fourth-order valence-electron chi connectivity index (χ4n) is 1.82. The second-order valence-corrected chi connectivity index (χ2v) is 6.03. The van der Waals surface area contributed by atoms with Crippen LogP contribution in [0.25, 0.3) is 10.2 Å². The quantitative estimate of drug-likeness (QED) is 0.590. The standard InChI is InChI=1S/C12H13N5S2/c1-17-8(2-5-14-17)3-6-19-12-15-10(13)9-4-7-18-11(9)16-12/h2,4-5,7H,3,6H2,1H3,(H2,13,15,16). The molecule has 0 saturated carbocycles. The summed E-state index contributed by atoms with van der Waals surface area (Å²) in [4.78, 5) is 9.79. The third kappa shape index (κ3) is 2.57. The molecule has 0 fully saturated rings. The summed E-state index contributed by atoms with van der Waals surface area (Å²) in [7, 11) is 1.95. The van der Waals surface area contributed by atoms with Crippen molar-refractivity contribution < 1.29 is 0 Å². The molecule has 0 bridgehead atoms. The Kier molecular flexibility index (Phi) is 3.39. The van der Waals surface area contributed by atoms with E-state index >= 15 is 0 Å². The first-order chi connectivity index (χ1) is 9.24. The molecule has 3 heterocycles. The molecule has 0 aliphatic carbocycles. The lowest BCUT2D eigenvalue weighted by Gasteiger charge is -2.03. The monoisotopic (exact) mass is 291 g/mol. The zero-order valence-corrected chi connectivity index (χ0v) is 12.0. The Bertz CT molecular complexity index is 703. The zero-order chi connectivity index (χ0) is 13.2. The lowest BCUT2D eigenvalue weighted by molar-refractivity contribution is 0.719. The number of aryl methyl sites for hydroxylation is 2. The summed E-state index contributed by atoms with van der Waals surface area (Å²) in [5.74, 6) is 1.48. The van der Waals surface area contributed by atoms with Gasteiger partial charge in [0.05, 0.1) is 5.39 Å². The number of nitrogen functional groups attached to an aromatic ring is 1. The average Bonchev–Trinajstić information content (AvgIpc) is 2.99. The predicted octanol–water partition coefficient (Wildman–Crippen LogP) is 2.34. The van der Waals surface area contributed by atoms with E-state index in [0.717, 1.165) is 27.5 Å². The minimum atomic E-state index is 0.564. The van der Waals surface area contributed by atoms with Crippen LogP contribution in [0.2, 0.25) is 0 Å². The minimum absolute atomic E-state index is 0.564. The molecule has 0 atom stereocenters. The van der Waals surface area contributed by atoms with Gasteiger partial charge in [0.25, 0.3) is 0 Å². The summed E-state index contributed by atoms with van der Waals surface area (Å²) in [5.41, 5.74) is 7.13. The van der Waals surface area contributed by atoms with Gasteiger partial charge in [0, 0.05) is 24.7 Å². The van der Waals surface area contributed by atoms with Gasteiger partial charge in [-0.2, -0.15) is 5.10 Å². The smallest absolute Gasteiger partial charge is 0.190 e. The second kappa shape index (κ2) is 5.18. The number of hydrogen-bond donors (Lipinski definition) is 1. The molecule has 0 amide bonds. The van der Waals surface area contributed by atoms with Crippen molar-refractivity contribution in [3.8, 4) is 0 Å². The third-order valence-corrected chi connectivity index (χ3v) is 4.50. The van der Waals surface area contributed by atoms with Crippen LogP contribution in [0.5, 0.6) is 0 Å². The zero-order valence-electron chi connectivity index (χ0n) is 10.4. The maximum absolute atomic E-state index is 5.92. The van der Waals surface area contributed by atoms with Crippen molar-refractivity contribution in [1.82, 2.24) is 19.7 Å². The van der Waals surface area contributed by atoms with E-state index in [0.29, 0.717) is 5.82 Å². The first-order valence-electron chi connectivity index (χ1n) is 5.84. The van der Waals surface area contributed by atoms with Crippen LogP contribution in [-0.2, 0) is 13.5 Å². The van der Waals surface area contributed by atoms with Gasteiger partial charge < -0.3 is 5.73 Å². The van der Waals surface area contributed by atoms with E-state index in [-0.39, 0.29) is 0 Å². The van der Waals surface area contributed by atoms with E-state index in [4.69, 9.17) is 5.73 Å². The summed E-state index contributed by atoms with van der Waals surface area (Å²) >= 11 is 3.21. The van der Waals surface area contributed by atoms with Crippen LogP contribution < -0.4 is 5.73 Å². The third-order valence-electron chi connectivity index (χ3n) is 2.85. The molecular weight excluding hydrogens is 278 g/mol. The highest BCUT2D eigenvalue weighted by atomic mass is 32.2. The molecule has 3 rings (SSSR count). The Hall–Kier alpha value is -1.60. The Morgan fingerprint density at radius 3 is 3.05 bits per heavy atom. The fraction of sp³-hybridized carbons (Fsp3) is 0.250. The lowest BCUT2D eigenvalue weighted by atomic mass is 10.3. The fourth-order valence-corrected chi connectivity index (χ4v) is 3.46. The van der Waals surface area contributed by atoms with E-state index in [1.165, 1.54) is 5.69 Å². The maximum Gasteiger partial charge on any atom is 0.190 e. The number of thiophene rings is 1. The SMILES string of the molecule is Cn1nccc1CCSc1nc(N)c2ccsc2n1. The molecule has 0 aromatic carbocycles. The minimum Gasteiger partial charge on any atom is -0.383 e. The van der Waals surface area contributed by atoms with E-state index in [1.807, 2.05) is 35.4 Å². The number of nitrogens with zero attached hydrogens (tertiary/aromatic N) is 4. The van der Waals surface area contributed by atoms with Gasteiger partial charge in [0.15, 0.2) is 5.16 Å². The summed E-state index contributed by atoms with van der Waals surface area (Å²) in [6.07, 6.45) is 2.75. The molecule has 3 aromatic rings. The molecule has 7 heteroatoms. The highest BCUT2D eigenvalue weighted by Crippen LogP contribution is 2.26. The van der Waals surface area contributed by atoms with E-state index in [9.17, 15) is 0 Å². The molecule has 2 N–H and O–H groups in total. The van der Waals surface area contributed by atoms with Gasteiger partial charge in [-0.15, -0.1) is 11.3 Å². The largest absolute Gasteiger partial charge is 0.383 e. The van der Waals surface area contributed by atoms with Crippen LogP contribution in [0, 0.1) is 0 Å². The lowest BCUT2D eigenvalue weighted by Crippen LogP contribution is -2.00. The van der Waals surface area contributed by atoms with E-state index < -0.39 is 0 Å². The molecule has 19 heavy (non-hydrogen) atoms. The Morgan fingerprint density at radius 1 is 1.37 bits per heavy atom. The first kappa shape index (κ1) is 12.4. The molecule has 98 valence electrons. The van der Waals surface area contributed by atoms with E-state index in [2.05, 4.69) is 15.1 Å². The Morgan fingerprint density at radius 2 is 2.26 bits per heavy atom. The summed E-state index contributed by atoms with van der Waals surface area (Å²) in [6.45, 7) is 0. The van der Waals surface area contributed by atoms with Crippen LogP contribution in [0.1, 0.15) is 5.69 Å². The number of rotatable bonds is 4. The second-order valence-electron chi connectivity index (χ2n) is 4.08. The number of thioether (sulfide) groups is 1. The molecule has 3 aromatic heterocycles. The van der Waals surface area contributed by atoms with Crippen molar-refractivity contribution in [3.05, 3.63) is 29.4 Å². The normalized spacial score (nSPS) is 11.2. The summed E-state index contributed by atoms with van der Waals surface area (Å²) in [5, 5.41) is 7.82. The van der Waals surface area contributed by atoms with Crippen LogP contribution in [0.15, 0.2) is 28.9 Å². The van der Waals surface area contributed by atoms with Gasteiger partial charge in [0.2, 0.25) is 0 Å². The molecule has 0 radical (unpaired) electrons. The highest BCUT2D eigenvalue weighted by molar-refractivity contribution is 7.99. The van der Waals surface area contributed by atoms with Crippen molar-refractivity contribution >= 4 is 39.1 Å². The van der Waals surface area contributed by atoms with Gasteiger partial charge >= 0.3 is 0 Å². The molecule has 0 saturated heterocycles. The van der Waals surface area contributed by atoms with Gasteiger partial charge in [-0.05, 0) is 23.9 Å².